The predicted octanol–water partition coefficient (Wildman–Crippen LogP) is 1.96. The summed E-state index contributed by atoms with van der Waals surface area (Å²) in [6.45, 7) is 11.4. The fourth-order valence-electron chi connectivity index (χ4n) is 4.40. The highest BCUT2D eigenvalue weighted by Gasteiger charge is 2.52. The maximum atomic E-state index is 12.4. The van der Waals surface area contributed by atoms with Crippen molar-refractivity contribution in [3.05, 3.63) is 60.7 Å². The number of carbonyl (C=O) groups excluding carboxylic acids is 1. The van der Waals surface area contributed by atoms with E-state index in [1.54, 1.807) is 20.8 Å². The molecule has 0 saturated carbocycles. The first-order chi connectivity index (χ1) is 16.3. The summed E-state index contributed by atoms with van der Waals surface area (Å²) in [6, 6.07) is 20.0. The van der Waals surface area contributed by atoms with Gasteiger partial charge in [0.05, 0.1) is 12.0 Å². The molecule has 2 aromatic rings. The van der Waals surface area contributed by atoms with E-state index in [0.29, 0.717) is 0 Å². The molecule has 1 aliphatic heterocycles. The van der Waals surface area contributed by atoms with Gasteiger partial charge in [-0.25, -0.2) is 0 Å². The van der Waals surface area contributed by atoms with Gasteiger partial charge < -0.3 is 29.2 Å². The van der Waals surface area contributed by atoms with E-state index in [-0.39, 0.29) is 11.6 Å². The zero-order valence-electron chi connectivity index (χ0n) is 21.3. The number of carbonyl (C=O) groups is 1. The van der Waals surface area contributed by atoms with E-state index in [0.717, 1.165) is 10.4 Å². The highest BCUT2D eigenvalue weighted by atomic mass is 28.4. The minimum absolute atomic E-state index is 0.0677. The highest BCUT2D eigenvalue weighted by Crippen LogP contribution is 2.37. The summed E-state index contributed by atoms with van der Waals surface area (Å²) in [5, 5.41) is 33.5. The molecular weight excluding hydrogens is 464 g/mol. The van der Waals surface area contributed by atoms with Gasteiger partial charge in [0.15, 0.2) is 0 Å². The number of rotatable bonds is 6. The van der Waals surface area contributed by atoms with Crippen LogP contribution in [0.5, 0.6) is 0 Å². The molecule has 0 bridgehead atoms. The van der Waals surface area contributed by atoms with E-state index in [9.17, 15) is 20.1 Å². The third-order valence-electron chi connectivity index (χ3n) is 6.38. The normalized spacial score (nSPS) is 25.8. The van der Waals surface area contributed by atoms with Gasteiger partial charge in [-0.3, -0.25) is 4.79 Å². The summed E-state index contributed by atoms with van der Waals surface area (Å²) in [5.41, 5.74) is -0.828. The maximum Gasteiger partial charge on any atom is 0.313 e. The molecule has 0 radical (unpaired) electrons. The van der Waals surface area contributed by atoms with Gasteiger partial charge in [0.25, 0.3) is 8.32 Å². The van der Waals surface area contributed by atoms with Crippen LogP contribution in [-0.4, -0.2) is 66.9 Å². The number of aliphatic hydroxyl groups excluding tert-OH is 3. The first-order valence-corrected chi connectivity index (χ1v) is 13.9. The van der Waals surface area contributed by atoms with Crippen molar-refractivity contribution in [2.45, 2.75) is 77.3 Å². The summed E-state index contributed by atoms with van der Waals surface area (Å²) >= 11 is 0. The number of ether oxygens (including phenoxy) is 2. The van der Waals surface area contributed by atoms with Crippen LogP contribution in [0.25, 0.3) is 0 Å². The minimum atomic E-state index is -2.93. The summed E-state index contributed by atoms with van der Waals surface area (Å²) in [6.07, 6.45) is -7.01. The fraction of sp³-hybridized carbons (Fsp3) is 0.519. The molecule has 1 fully saturated rings. The van der Waals surface area contributed by atoms with Gasteiger partial charge in [0.2, 0.25) is 6.29 Å². The molecule has 3 rings (SSSR count). The molecule has 2 aromatic carbocycles. The van der Waals surface area contributed by atoms with Crippen LogP contribution in [0.2, 0.25) is 5.04 Å². The molecule has 0 aromatic heterocycles. The number of aliphatic hydroxyl groups is 3. The third kappa shape index (κ3) is 5.68. The molecule has 8 heteroatoms. The Labute approximate surface area is 208 Å². The minimum Gasteiger partial charge on any atom is -0.432 e. The lowest BCUT2D eigenvalue weighted by Gasteiger charge is -2.45. The lowest BCUT2D eigenvalue weighted by molar-refractivity contribution is -0.294. The van der Waals surface area contributed by atoms with Gasteiger partial charge in [0.1, 0.15) is 24.4 Å². The lowest BCUT2D eigenvalue weighted by atomic mass is 9.96. The smallest absolute Gasteiger partial charge is 0.313 e. The van der Waals surface area contributed by atoms with Crippen molar-refractivity contribution in [1.82, 2.24) is 0 Å². The molecule has 0 aliphatic carbocycles. The van der Waals surface area contributed by atoms with E-state index >= 15 is 0 Å². The van der Waals surface area contributed by atoms with Crippen molar-refractivity contribution >= 4 is 24.7 Å². The Hall–Kier alpha value is -2.07. The molecule has 5 atom stereocenters. The molecule has 3 N–H and O–H groups in total. The Morgan fingerprint density at radius 3 is 1.74 bits per heavy atom. The maximum absolute atomic E-state index is 12.4. The van der Waals surface area contributed by atoms with Crippen molar-refractivity contribution in [1.29, 1.82) is 0 Å². The largest absolute Gasteiger partial charge is 0.432 e. The Morgan fingerprint density at radius 2 is 1.31 bits per heavy atom. The molecule has 1 aliphatic rings. The monoisotopic (exact) mass is 502 g/mol. The van der Waals surface area contributed by atoms with Crippen molar-refractivity contribution < 1.29 is 34.0 Å². The number of esters is 1. The van der Waals surface area contributed by atoms with Crippen molar-refractivity contribution in [3.63, 3.8) is 0 Å². The van der Waals surface area contributed by atoms with E-state index in [2.05, 4.69) is 45.0 Å². The van der Waals surface area contributed by atoms with Gasteiger partial charge in [0, 0.05) is 0 Å². The Balaban J connectivity index is 1.95. The van der Waals surface area contributed by atoms with Crippen molar-refractivity contribution in [3.8, 4) is 0 Å². The molecule has 0 unspecified atom stereocenters. The third-order valence-corrected chi connectivity index (χ3v) is 11.4. The van der Waals surface area contributed by atoms with Crippen LogP contribution in [0.1, 0.15) is 41.5 Å². The standard InChI is InChI=1S/C27H38O7Si/c1-26(2,3)25(31)34-24-23(30)22(29)21(28)20(33-24)17-32-35(27(4,5)6,18-13-9-7-10-14-18)19-15-11-8-12-16-19/h7-16,20-24,28-30H,17H2,1-6H3/t20-,21+,22+,23-,24-/m1/s1. The number of hydrogen-bond donors (Lipinski definition) is 3. The van der Waals surface area contributed by atoms with Crippen LogP contribution in [-0.2, 0) is 18.7 Å². The molecule has 35 heavy (non-hydrogen) atoms. The van der Waals surface area contributed by atoms with Gasteiger partial charge in [-0.2, -0.15) is 0 Å². The summed E-state index contributed by atoms with van der Waals surface area (Å²) in [7, 11) is -2.93. The Kier molecular flexibility index (Phi) is 8.25. The molecule has 192 valence electrons. The molecule has 1 heterocycles. The highest BCUT2D eigenvalue weighted by molar-refractivity contribution is 6.99. The Morgan fingerprint density at radius 1 is 0.829 bits per heavy atom. The van der Waals surface area contributed by atoms with Gasteiger partial charge in [-0.1, -0.05) is 81.4 Å². The summed E-state index contributed by atoms with van der Waals surface area (Å²) < 4.78 is 18.0. The van der Waals surface area contributed by atoms with Crippen LogP contribution >= 0.6 is 0 Å². The summed E-state index contributed by atoms with van der Waals surface area (Å²) in [4.78, 5) is 12.4. The lowest BCUT2D eigenvalue weighted by Crippen LogP contribution is -2.68. The second-order valence-electron chi connectivity index (χ2n) is 11.1. The number of hydrogen-bond acceptors (Lipinski definition) is 7. The van der Waals surface area contributed by atoms with E-state index in [1.165, 1.54) is 0 Å². The predicted molar refractivity (Wildman–Crippen MR) is 136 cm³/mol. The molecular formula is C27H38O7Si. The van der Waals surface area contributed by atoms with Crippen LogP contribution in [0.4, 0.5) is 0 Å². The van der Waals surface area contributed by atoms with Crippen LogP contribution < -0.4 is 10.4 Å². The van der Waals surface area contributed by atoms with E-state index < -0.39 is 50.4 Å². The zero-order chi connectivity index (χ0) is 26.0. The fourth-order valence-corrected chi connectivity index (χ4v) is 8.97. The molecule has 0 amide bonds. The zero-order valence-corrected chi connectivity index (χ0v) is 22.3. The van der Waals surface area contributed by atoms with Crippen molar-refractivity contribution in [2.24, 2.45) is 5.41 Å². The quantitative estimate of drug-likeness (QED) is 0.410. The van der Waals surface area contributed by atoms with E-state index in [4.69, 9.17) is 13.9 Å². The first kappa shape index (κ1) is 27.5. The second-order valence-corrected chi connectivity index (χ2v) is 15.5. The molecule has 1 saturated heterocycles. The van der Waals surface area contributed by atoms with Crippen LogP contribution in [0, 0.1) is 5.41 Å². The number of benzene rings is 2. The molecule has 0 spiro atoms. The average molecular weight is 503 g/mol. The Bertz CT molecular complexity index is 929. The second kappa shape index (κ2) is 10.5. The topological polar surface area (TPSA) is 105 Å². The van der Waals surface area contributed by atoms with Gasteiger partial charge in [-0.05, 0) is 36.2 Å². The SMILES string of the molecule is CC(C)(C)C(=O)O[C@H]1O[C@H](CO[Si](c2ccccc2)(c2ccccc2)C(C)(C)C)[C@H](O)[C@H](O)[C@H]1O. The molecule has 7 nitrogen and oxygen atoms in total. The first-order valence-electron chi connectivity index (χ1n) is 11.9. The van der Waals surface area contributed by atoms with Gasteiger partial charge >= 0.3 is 5.97 Å². The van der Waals surface area contributed by atoms with Gasteiger partial charge in [-0.15, -0.1) is 0 Å². The van der Waals surface area contributed by atoms with E-state index in [1.807, 2.05) is 36.4 Å². The summed E-state index contributed by atoms with van der Waals surface area (Å²) in [5.74, 6) is -0.586. The van der Waals surface area contributed by atoms with Crippen molar-refractivity contribution in [2.75, 3.05) is 6.61 Å². The van der Waals surface area contributed by atoms with Crippen LogP contribution in [0.3, 0.4) is 0 Å². The van der Waals surface area contributed by atoms with Crippen LogP contribution in [0.15, 0.2) is 60.7 Å². The average Bonchev–Trinajstić information content (AvgIpc) is 2.80.